The van der Waals surface area contributed by atoms with Crippen molar-refractivity contribution in [3.63, 3.8) is 0 Å². The summed E-state index contributed by atoms with van der Waals surface area (Å²) in [4.78, 5) is 29.0. The second kappa shape index (κ2) is 8.95. The van der Waals surface area contributed by atoms with Gasteiger partial charge >= 0.3 is 6.03 Å². The Bertz CT molecular complexity index is 877. The summed E-state index contributed by atoms with van der Waals surface area (Å²) in [5, 5.41) is 11.0. The van der Waals surface area contributed by atoms with Crippen LogP contribution in [-0.2, 0) is 11.2 Å². The highest BCUT2D eigenvalue weighted by atomic mass is 32.1. The molecule has 6 nitrogen and oxygen atoms in total. The van der Waals surface area contributed by atoms with Gasteiger partial charge in [0.15, 0.2) is 5.13 Å². The van der Waals surface area contributed by atoms with Crippen LogP contribution in [-0.4, -0.2) is 23.0 Å². The second-order valence-corrected chi connectivity index (χ2v) is 9.81. The van der Waals surface area contributed by atoms with Gasteiger partial charge in [0.1, 0.15) is 0 Å². The average molecular weight is 415 g/mol. The van der Waals surface area contributed by atoms with Gasteiger partial charge in [-0.05, 0) is 55.2 Å². The van der Waals surface area contributed by atoms with Crippen LogP contribution in [0.1, 0.15) is 51.3 Å². The number of anilines is 2. The van der Waals surface area contributed by atoms with Crippen LogP contribution in [0.2, 0.25) is 0 Å². The Morgan fingerprint density at radius 2 is 2.03 bits per heavy atom. The SMILES string of the molecule is Cc1cccc(NC(=O)Nc2nc(CC(=O)NC3CC(C)CC(C)(C)C3)cs2)c1. The lowest BCUT2D eigenvalue weighted by Crippen LogP contribution is -2.43. The molecular weight excluding hydrogens is 384 g/mol. The molecule has 0 radical (unpaired) electrons. The van der Waals surface area contributed by atoms with Gasteiger partial charge in [-0.15, -0.1) is 11.3 Å². The Balaban J connectivity index is 1.49. The summed E-state index contributed by atoms with van der Waals surface area (Å²) in [6.07, 6.45) is 3.46. The molecule has 0 bridgehead atoms. The lowest BCUT2D eigenvalue weighted by molar-refractivity contribution is -0.121. The minimum atomic E-state index is -0.348. The number of amides is 3. The number of nitrogens with zero attached hydrogens (tertiary/aromatic N) is 1. The quantitative estimate of drug-likeness (QED) is 0.646. The molecule has 0 spiro atoms. The van der Waals surface area contributed by atoms with Crippen molar-refractivity contribution in [3.8, 4) is 0 Å². The maximum atomic E-state index is 12.5. The number of carbonyl (C=O) groups is 2. The molecule has 29 heavy (non-hydrogen) atoms. The van der Waals surface area contributed by atoms with E-state index in [1.54, 1.807) is 0 Å². The van der Waals surface area contributed by atoms with Crippen molar-refractivity contribution >= 4 is 34.1 Å². The van der Waals surface area contributed by atoms with Gasteiger partial charge in [-0.1, -0.05) is 32.9 Å². The minimum Gasteiger partial charge on any atom is -0.353 e. The summed E-state index contributed by atoms with van der Waals surface area (Å²) in [6.45, 7) is 8.75. The third kappa shape index (κ3) is 6.56. The fourth-order valence-corrected chi connectivity index (χ4v) is 5.03. The molecule has 3 rings (SSSR count). The number of hydrogen-bond donors (Lipinski definition) is 3. The predicted molar refractivity (Wildman–Crippen MR) is 118 cm³/mol. The highest BCUT2D eigenvalue weighted by Crippen LogP contribution is 2.38. The van der Waals surface area contributed by atoms with Gasteiger partial charge in [0.05, 0.1) is 12.1 Å². The first-order valence-electron chi connectivity index (χ1n) is 10.1. The van der Waals surface area contributed by atoms with E-state index in [1.807, 2.05) is 36.6 Å². The maximum Gasteiger partial charge on any atom is 0.325 e. The topological polar surface area (TPSA) is 83.1 Å². The molecule has 2 unspecified atom stereocenters. The zero-order valence-corrected chi connectivity index (χ0v) is 18.4. The van der Waals surface area contributed by atoms with Crippen molar-refractivity contribution < 1.29 is 9.59 Å². The first-order valence-corrected chi connectivity index (χ1v) is 10.9. The number of aryl methyl sites for hydroxylation is 1. The third-order valence-electron chi connectivity index (χ3n) is 5.14. The van der Waals surface area contributed by atoms with Crippen LogP contribution in [0.4, 0.5) is 15.6 Å². The number of rotatable bonds is 5. The normalized spacial score (nSPS) is 20.7. The number of urea groups is 1. The Hall–Kier alpha value is -2.41. The molecule has 3 amide bonds. The molecule has 2 atom stereocenters. The van der Waals surface area contributed by atoms with Crippen molar-refractivity contribution in [1.29, 1.82) is 0 Å². The summed E-state index contributed by atoms with van der Waals surface area (Å²) in [7, 11) is 0. The second-order valence-electron chi connectivity index (χ2n) is 8.95. The van der Waals surface area contributed by atoms with Crippen molar-refractivity contribution in [1.82, 2.24) is 10.3 Å². The first kappa shape index (κ1) is 21.3. The highest BCUT2D eigenvalue weighted by molar-refractivity contribution is 7.14. The van der Waals surface area contributed by atoms with Crippen LogP contribution < -0.4 is 16.0 Å². The number of nitrogens with one attached hydrogen (secondary N) is 3. The molecule has 1 aliphatic rings. The van der Waals surface area contributed by atoms with Gasteiger partial charge in [-0.2, -0.15) is 0 Å². The summed E-state index contributed by atoms with van der Waals surface area (Å²) in [5.41, 5.74) is 2.73. The van der Waals surface area contributed by atoms with Gasteiger partial charge in [-0.3, -0.25) is 10.1 Å². The molecule has 156 valence electrons. The monoisotopic (exact) mass is 414 g/mol. The van der Waals surface area contributed by atoms with Crippen LogP contribution in [0.3, 0.4) is 0 Å². The first-order chi connectivity index (χ1) is 13.7. The highest BCUT2D eigenvalue weighted by Gasteiger charge is 2.32. The molecule has 1 aromatic carbocycles. The molecule has 1 saturated carbocycles. The fraction of sp³-hybridized carbons (Fsp3) is 0.500. The van der Waals surface area contributed by atoms with Crippen LogP contribution in [0.25, 0.3) is 0 Å². The predicted octanol–water partition coefficient (Wildman–Crippen LogP) is 4.97. The Morgan fingerprint density at radius 3 is 2.76 bits per heavy atom. The zero-order valence-electron chi connectivity index (χ0n) is 17.5. The van der Waals surface area contributed by atoms with Crippen LogP contribution in [0.5, 0.6) is 0 Å². The van der Waals surface area contributed by atoms with Gasteiger partial charge in [0.2, 0.25) is 5.91 Å². The lowest BCUT2D eigenvalue weighted by atomic mass is 9.70. The Morgan fingerprint density at radius 1 is 1.24 bits per heavy atom. The van der Waals surface area contributed by atoms with Crippen molar-refractivity contribution in [3.05, 3.63) is 40.9 Å². The van der Waals surface area contributed by atoms with E-state index in [2.05, 4.69) is 41.7 Å². The maximum absolute atomic E-state index is 12.5. The summed E-state index contributed by atoms with van der Waals surface area (Å²) >= 11 is 1.32. The number of aromatic nitrogens is 1. The largest absolute Gasteiger partial charge is 0.353 e. The molecule has 1 heterocycles. The van der Waals surface area contributed by atoms with E-state index in [1.165, 1.54) is 17.8 Å². The van der Waals surface area contributed by atoms with Gasteiger partial charge in [0, 0.05) is 17.1 Å². The van der Waals surface area contributed by atoms with Crippen LogP contribution in [0, 0.1) is 18.3 Å². The number of hydrogen-bond acceptors (Lipinski definition) is 4. The zero-order chi connectivity index (χ0) is 21.0. The van der Waals surface area contributed by atoms with E-state index in [4.69, 9.17) is 0 Å². The van der Waals surface area contributed by atoms with Gasteiger partial charge in [0.25, 0.3) is 0 Å². The molecule has 7 heteroatoms. The number of benzene rings is 1. The van der Waals surface area contributed by atoms with Crippen LogP contribution in [0.15, 0.2) is 29.6 Å². The van der Waals surface area contributed by atoms with E-state index in [9.17, 15) is 9.59 Å². The third-order valence-corrected chi connectivity index (χ3v) is 5.95. The van der Waals surface area contributed by atoms with Crippen LogP contribution >= 0.6 is 11.3 Å². The molecule has 2 aromatic rings. The van der Waals surface area contributed by atoms with E-state index >= 15 is 0 Å². The van der Waals surface area contributed by atoms with E-state index in [0.29, 0.717) is 16.7 Å². The summed E-state index contributed by atoms with van der Waals surface area (Å²) in [6, 6.07) is 7.45. The average Bonchev–Trinajstić information content (AvgIpc) is 2.99. The smallest absolute Gasteiger partial charge is 0.325 e. The molecular formula is C22H30N4O2S. The van der Waals surface area contributed by atoms with E-state index in [0.717, 1.165) is 24.1 Å². The molecule has 1 aliphatic carbocycles. The molecule has 1 fully saturated rings. The van der Waals surface area contributed by atoms with E-state index in [-0.39, 0.29) is 29.8 Å². The Labute approximate surface area is 176 Å². The molecule has 0 aliphatic heterocycles. The van der Waals surface area contributed by atoms with Crippen molar-refractivity contribution in [2.45, 2.75) is 59.4 Å². The van der Waals surface area contributed by atoms with Crippen molar-refractivity contribution in [2.24, 2.45) is 11.3 Å². The molecule has 3 N–H and O–H groups in total. The number of thiazole rings is 1. The minimum absolute atomic E-state index is 0.0130. The van der Waals surface area contributed by atoms with E-state index < -0.39 is 0 Å². The van der Waals surface area contributed by atoms with Crippen molar-refractivity contribution in [2.75, 3.05) is 10.6 Å². The lowest BCUT2D eigenvalue weighted by Gasteiger charge is -2.39. The summed E-state index contributed by atoms with van der Waals surface area (Å²) in [5.74, 6) is 0.604. The van der Waals surface area contributed by atoms with Gasteiger partial charge < -0.3 is 10.6 Å². The Kier molecular flexibility index (Phi) is 6.57. The summed E-state index contributed by atoms with van der Waals surface area (Å²) < 4.78 is 0. The molecule has 0 saturated heterocycles. The fourth-order valence-electron chi connectivity index (χ4n) is 4.33. The standard InChI is InChI=1S/C22H30N4O2S/c1-14-6-5-7-16(8-14)24-20(28)26-21-25-18(13-29-21)10-19(27)23-17-9-15(2)11-22(3,4)12-17/h5-8,13,15,17H,9-12H2,1-4H3,(H,23,27)(H2,24,25,26,28). The number of carbonyl (C=O) groups excluding carboxylic acids is 2. The van der Waals surface area contributed by atoms with Gasteiger partial charge in [-0.25, -0.2) is 9.78 Å². The molecule has 1 aromatic heterocycles.